The molecule has 2 unspecified atom stereocenters. The number of hydrogen-bond acceptors (Lipinski definition) is 3. The summed E-state index contributed by atoms with van der Waals surface area (Å²) in [4.78, 5) is 0. The quantitative estimate of drug-likeness (QED) is 0.825. The van der Waals surface area contributed by atoms with E-state index in [9.17, 15) is 0 Å². The summed E-state index contributed by atoms with van der Waals surface area (Å²) in [6.45, 7) is 0. The number of halogens is 1. The fourth-order valence-electron chi connectivity index (χ4n) is 2.42. The fourth-order valence-corrected chi connectivity index (χ4v) is 3.22. The molecule has 0 radical (unpaired) electrons. The molecule has 1 N–H and O–H groups in total. The number of thioether (sulfide) groups is 1. The molecule has 100 valence electrons. The summed E-state index contributed by atoms with van der Waals surface area (Å²) < 4.78 is 7.20. The van der Waals surface area contributed by atoms with E-state index in [1.54, 1.807) is 0 Å². The van der Waals surface area contributed by atoms with Crippen LogP contribution in [0.4, 0.5) is 0 Å². The highest BCUT2D eigenvalue weighted by Gasteiger charge is 2.26. The van der Waals surface area contributed by atoms with Gasteiger partial charge in [-0.2, -0.15) is 11.8 Å². The minimum absolute atomic E-state index is 0.344. The SMILES string of the molecule is CNC1CC(CCCSC)Oc2cc(Br)ccc21. The predicted molar refractivity (Wildman–Crippen MR) is 82.6 cm³/mol. The van der Waals surface area contributed by atoms with Gasteiger partial charge in [0.05, 0.1) is 0 Å². The molecule has 2 rings (SSSR count). The van der Waals surface area contributed by atoms with E-state index in [0.29, 0.717) is 12.1 Å². The molecular formula is C14H20BrNOS. The van der Waals surface area contributed by atoms with E-state index < -0.39 is 0 Å². The highest BCUT2D eigenvalue weighted by Crippen LogP contribution is 2.37. The van der Waals surface area contributed by atoms with E-state index in [2.05, 4.69) is 45.7 Å². The van der Waals surface area contributed by atoms with Gasteiger partial charge >= 0.3 is 0 Å². The van der Waals surface area contributed by atoms with Crippen molar-refractivity contribution < 1.29 is 4.74 Å². The van der Waals surface area contributed by atoms with E-state index in [1.165, 1.54) is 17.7 Å². The van der Waals surface area contributed by atoms with Crippen molar-refractivity contribution in [2.45, 2.75) is 31.4 Å². The molecule has 0 spiro atoms. The summed E-state index contributed by atoms with van der Waals surface area (Å²) >= 11 is 5.42. The van der Waals surface area contributed by atoms with Crippen LogP contribution in [0, 0.1) is 0 Å². The lowest BCUT2D eigenvalue weighted by Crippen LogP contribution is -2.31. The van der Waals surface area contributed by atoms with Crippen molar-refractivity contribution in [2.75, 3.05) is 19.1 Å². The Morgan fingerprint density at radius 3 is 3.06 bits per heavy atom. The lowest BCUT2D eigenvalue weighted by atomic mass is 9.95. The van der Waals surface area contributed by atoms with Crippen LogP contribution in [-0.4, -0.2) is 25.2 Å². The smallest absolute Gasteiger partial charge is 0.125 e. The predicted octanol–water partition coefficient (Wildman–Crippen LogP) is 4.00. The van der Waals surface area contributed by atoms with Crippen LogP contribution in [0.5, 0.6) is 5.75 Å². The Bertz CT molecular complexity index is 399. The van der Waals surface area contributed by atoms with Gasteiger partial charge in [-0.1, -0.05) is 22.0 Å². The zero-order valence-corrected chi connectivity index (χ0v) is 13.3. The van der Waals surface area contributed by atoms with Crippen molar-refractivity contribution in [3.05, 3.63) is 28.2 Å². The Labute approximate surface area is 122 Å². The summed E-state index contributed by atoms with van der Waals surface area (Å²) in [5.41, 5.74) is 1.28. The Morgan fingerprint density at radius 2 is 2.33 bits per heavy atom. The van der Waals surface area contributed by atoms with E-state index in [4.69, 9.17) is 4.74 Å². The lowest BCUT2D eigenvalue weighted by molar-refractivity contribution is 0.142. The Balaban J connectivity index is 2.08. The lowest BCUT2D eigenvalue weighted by Gasteiger charge is -2.32. The molecule has 4 heteroatoms. The third kappa shape index (κ3) is 3.43. The largest absolute Gasteiger partial charge is 0.490 e. The molecule has 1 aromatic rings. The van der Waals surface area contributed by atoms with Gasteiger partial charge in [0, 0.05) is 22.5 Å². The average molecular weight is 330 g/mol. The first-order valence-corrected chi connectivity index (χ1v) is 8.55. The molecule has 0 bridgehead atoms. The van der Waals surface area contributed by atoms with Crippen molar-refractivity contribution in [2.24, 2.45) is 0 Å². The molecule has 1 heterocycles. The first-order valence-electron chi connectivity index (χ1n) is 6.37. The van der Waals surface area contributed by atoms with Crippen molar-refractivity contribution in [1.29, 1.82) is 0 Å². The van der Waals surface area contributed by atoms with E-state index in [1.807, 2.05) is 18.8 Å². The zero-order chi connectivity index (χ0) is 13.0. The number of rotatable bonds is 5. The second-order valence-corrected chi connectivity index (χ2v) is 6.54. The first-order chi connectivity index (χ1) is 8.74. The second-order valence-electron chi connectivity index (χ2n) is 4.63. The van der Waals surface area contributed by atoms with Crippen LogP contribution in [0.1, 0.15) is 30.9 Å². The van der Waals surface area contributed by atoms with E-state index >= 15 is 0 Å². The number of ether oxygens (including phenoxy) is 1. The van der Waals surface area contributed by atoms with Crippen LogP contribution < -0.4 is 10.1 Å². The Morgan fingerprint density at radius 1 is 1.50 bits per heavy atom. The summed E-state index contributed by atoms with van der Waals surface area (Å²) in [7, 11) is 2.03. The van der Waals surface area contributed by atoms with Gasteiger partial charge in [-0.3, -0.25) is 0 Å². The van der Waals surface area contributed by atoms with Gasteiger partial charge in [-0.15, -0.1) is 0 Å². The molecule has 1 aliphatic heterocycles. The molecule has 2 atom stereocenters. The zero-order valence-electron chi connectivity index (χ0n) is 10.9. The minimum Gasteiger partial charge on any atom is -0.490 e. The molecule has 0 aliphatic carbocycles. The summed E-state index contributed by atoms with van der Waals surface area (Å²) in [5.74, 6) is 2.25. The topological polar surface area (TPSA) is 21.3 Å². The van der Waals surface area contributed by atoms with Gasteiger partial charge in [0.15, 0.2) is 0 Å². The van der Waals surface area contributed by atoms with Crippen molar-refractivity contribution >= 4 is 27.7 Å². The number of nitrogens with one attached hydrogen (secondary N) is 1. The molecule has 2 nitrogen and oxygen atoms in total. The van der Waals surface area contributed by atoms with E-state index in [-0.39, 0.29) is 0 Å². The van der Waals surface area contributed by atoms with Crippen molar-refractivity contribution in [1.82, 2.24) is 5.32 Å². The number of hydrogen-bond donors (Lipinski definition) is 1. The molecule has 1 aromatic carbocycles. The summed E-state index contributed by atoms with van der Waals surface area (Å²) in [6.07, 6.45) is 5.94. The van der Waals surface area contributed by atoms with Gasteiger partial charge in [0.1, 0.15) is 11.9 Å². The standard InChI is InChI=1S/C14H20BrNOS/c1-16-13-9-11(4-3-7-18-2)17-14-8-10(15)5-6-12(13)14/h5-6,8,11,13,16H,3-4,7,9H2,1-2H3. The Kier molecular flexibility index (Phi) is 5.39. The summed E-state index contributed by atoms with van der Waals surface area (Å²) in [6, 6.07) is 6.74. The van der Waals surface area contributed by atoms with Gasteiger partial charge in [0.25, 0.3) is 0 Å². The van der Waals surface area contributed by atoms with Crippen LogP contribution in [0.25, 0.3) is 0 Å². The molecule has 18 heavy (non-hydrogen) atoms. The first kappa shape index (κ1) is 14.2. The van der Waals surface area contributed by atoms with Crippen LogP contribution in [-0.2, 0) is 0 Å². The van der Waals surface area contributed by atoms with Crippen LogP contribution in [0.2, 0.25) is 0 Å². The molecule has 0 amide bonds. The molecule has 0 saturated heterocycles. The van der Waals surface area contributed by atoms with Crippen LogP contribution in [0.3, 0.4) is 0 Å². The second kappa shape index (κ2) is 6.83. The fraction of sp³-hybridized carbons (Fsp3) is 0.571. The average Bonchev–Trinajstić information content (AvgIpc) is 2.37. The van der Waals surface area contributed by atoms with Crippen LogP contribution in [0.15, 0.2) is 22.7 Å². The third-order valence-electron chi connectivity index (χ3n) is 3.37. The van der Waals surface area contributed by atoms with Crippen LogP contribution >= 0.6 is 27.7 Å². The molecular weight excluding hydrogens is 310 g/mol. The number of benzene rings is 1. The molecule has 0 saturated carbocycles. The van der Waals surface area contributed by atoms with Gasteiger partial charge in [-0.25, -0.2) is 0 Å². The van der Waals surface area contributed by atoms with Gasteiger partial charge < -0.3 is 10.1 Å². The Hall–Kier alpha value is -0.190. The monoisotopic (exact) mass is 329 g/mol. The molecule has 1 aliphatic rings. The van der Waals surface area contributed by atoms with Crippen molar-refractivity contribution in [3.63, 3.8) is 0 Å². The highest BCUT2D eigenvalue weighted by atomic mass is 79.9. The van der Waals surface area contributed by atoms with Gasteiger partial charge in [-0.05, 0) is 44.0 Å². The molecule has 0 fully saturated rings. The summed E-state index contributed by atoms with van der Waals surface area (Å²) in [5, 5.41) is 3.40. The van der Waals surface area contributed by atoms with E-state index in [0.717, 1.165) is 23.1 Å². The normalized spacial score (nSPS) is 22.4. The molecule has 0 aromatic heterocycles. The number of fused-ring (bicyclic) bond motifs is 1. The van der Waals surface area contributed by atoms with Crippen molar-refractivity contribution in [3.8, 4) is 5.75 Å². The minimum atomic E-state index is 0.344. The maximum atomic E-state index is 6.11. The highest BCUT2D eigenvalue weighted by molar-refractivity contribution is 9.10. The maximum Gasteiger partial charge on any atom is 0.125 e. The third-order valence-corrected chi connectivity index (χ3v) is 4.56. The van der Waals surface area contributed by atoms with Gasteiger partial charge in [0.2, 0.25) is 0 Å². The maximum absolute atomic E-state index is 6.11.